The van der Waals surface area contributed by atoms with Gasteiger partial charge in [-0.1, -0.05) is 0 Å². The number of hydrogen-bond donors (Lipinski definition) is 0. The zero-order valence-corrected chi connectivity index (χ0v) is 15.6. The van der Waals surface area contributed by atoms with E-state index in [0.717, 1.165) is 18.6 Å². The first-order valence-electron chi connectivity index (χ1n) is 8.55. The number of benzene rings is 2. The maximum atomic E-state index is 13.0. The molecule has 5 atom stereocenters. The summed E-state index contributed by atoms with van der Waals surface area (Å²) in [6.07, 6.45) is 1.92. The van der Waals surface area contributed by atoms with E-state index < -0.39 is 0 Å². The number of rotatable bonds is 4. The zero-order valence-electron chi connectivity index (χ0n) is 13.4. The molecular formula is C20H17FIO3-. The molecule has 3 fully saturated rings. The molecule has 0 aromatic heterocycles. The van der Waals surface area contributed by atoms with Gasteiger partial charge in [0.2, 0.25) is 0 Å². The summed E-state index contributed by atoms with van der Waals surface area (Å²) in [6.45, 7) is 0. The van der Waals surface area contributed by atoms with Crippen LogP contribution in [0.15, 0.2) is 48.5 Å². The summed E-state index contributed by atoms with van der Waals surface area (Å²) in [5, 5.41) is 0. The van der Waals surface area contributed by atoms with Crippen molar-refractivity contribution in [2.24, 2.45) is 17.8 Å². The third kappa shape index (κ3) is 2.72. The SMILES string of the molecule is O=C1OC2C3CC(CC13)C2Oc1ccc([I-]c2ccc(F)cc2)cc1. The molecule has 130 valence electrons. The fourth-order valence-electron chi connectivity index (χ4n) is 4.42. The minimum atomic E-state index is -0.322. The molecule has 3 aliphatic rings. The average molecular weight is 451 g/mol. The summed E-state index contributed by atoms with van der Waals surface area (Å²) in [5.74, 6) is 1.55. The van der Waals surface area contributed by atoms with Crippen LogP contribution < -0.4 is 25.9 Å². The molecule has 25 heavy (non-hydrogen) atoms. The van der Waals surface area contributed by atoms with E-state index >= 15 is 0 Å². The third-order valence-electron chi connectivity index (χ3n) is 5.52. The molecule has 5 rings (SSSR count). The predicted octanol–water partition coefficient (Wildman–Crippen LogP) is 0.283. The van der Waals surface area contributed by atoms with Crippen molar-refractivity contribution < 1.29 is 39.9 Å². The van der Waals surface area contributed by atoms with Crippen molar-refractivity contribution in [3.8, 4) is 5.75 Å². The number of fused-ring (bicyclic) bond motifs is 1. The standard InChI is InChI=1S/C20H17FIO3/c21-12-1-3-13(4-2-12)22-14-5-7-15(8-6-14)24-18-11-9-16-17(10-11)20(23)25-19(16)18/h1-8,11,16-19H,9-10H2/q-1. The Morgan fingerprint density at radius 1 is 1.00 bits per heavy atom. The molecule has 2 aromatic carbocycles. The van der Waals surface area contributed by atoms with Gasteiger partial charge in [-0.15, -0.1) is 0 Å². The molecule has 5 heteroatoms. The van der Waals surface area contributed by atoms with Crippen molar-refractivity contribution in [2.45, 2.75) is 25.0 Å². The monoisotopic (exact) mass is 451 g/mol. The van der Waals surface area contributed by atoms with Crippen molar-refractivity contribution in [2.75, 3.05) is 0 Å². The molecule has 2 saturated carbocycles. The van der Waals surface area contributed by atoms with Gasteiger partial charge in [-0.25, -0.2) is 0 Å². The molecule has 5 unspecified atom stereocenters. The van der Waals surface area contributed by atoms with Crippen LogP contribution in [0, 0.1) is 30.7 Å². The van der Waals surface area contributed by atoms with Gasteiger partial charge >= 0.3 is 156 Å². The van der Waals surface area contributed by atoms with Crippen LogP contribution in [0.1, 0.15) is 12.8 Å². The van der Waals surface area contributed by atoms with E-state index in [0.29, 0.717) is 11.8 Å². The van der Waals surface area contributed by atoms with Crippen LogP contribution in [0.5, 0.6) is 5.75 Å². The van der Waals surface area contributed by atoms with Crippen molar-refractivity contribution in [3.63, 3.8) is 0 Å². The van der Waals surface area contributed by atoms with Crippen LogP contribution in [0.2, 0.25) is 0 Å². The Hall–Kier alpha value is -1.63. The molecular weight excluding hydrogens is 434 g/mol. The molecule has 0 radical (unpaired) electrons. The molecule has 0 amide bonds. The minimum absolute atomic E-state index is 0.00495. The van der Waals surface area contributed by atoms with E-state index in [9.17, 15) is 9.18 Å². The van der Waals surface area contributed by atoms with Gasteiger partial charge < -0.3 is 0 Å². The Labute approximate surface area is 155 Å². The van der Waals surface area contributed by atoms with Gasteiger partial charge in [0.05, 0.1) is 0 Å². The maximum absolute atomic E-state index is 13.0. The summed E-state index contributed by atoms with van der Waals surface area (Å²) in [7, 11) is 0. The van der Waals surface area contributed by atoms with Crippen LogP contribution in [0.4, 0.5) is 4.39 Å². The van der Waals surface area contributed by atoms with Crippen LogP contribution in [0.3, 0.4) is 0 Å². The number of esters is 1. The van der Waals surface area contributed by atoms with Gasteiger partial charge in [-0.3, -0.25) is 0 Å². The van der Waals surface area contributed by atoms with Gasteiger partial charge in [-0.05, 0) is 0 Å². The Morgan fingerprint density at radius 3 is 2.40 bits per heavy atom. The second-order valence-corrected chi connectivity index (χ2v) is 10.0. The van der Waals surface area contributed by atoms with E-state index in [-0.39, 0.29) is 51.1 Å². The molecule has 2 bridgehead atoms. The number of carbonyl (C=O) groups is 1. The van der Waals surface area contributed by atoms with E-state index in [1.807, 2.05) is 24.3 Å². The van der Waals surface area contributed by atoms with Crippen molar-refractivity contribution in [1.82, 2.24) is 0 Å². The molecule has 0 spiro atoms. The Morgan fingerprint density at radius 2 is 1.68 bits per heavy atom. The van der Waals surface area contributed by atoms with E-state index in [2.05, 4.69) is 12.1 Å². The summed E-state index contributed by atoms with van der Waals surface area (Å²) < 4.78 is 27.2. The van der Waals surface area contributed by atoms with Crippen molar-refractivity contribution in [1.29, 1.82) is 0 Å². The van der Waals surface area contributed by atoms with Crippen LogP contribution in [0.25, 0.3) is 0 Å². The normalized spacial score (nSPS) is 32.2. The van der Waals surface area contributed by atoms with E-state index in [1.165, 1.54) is 19.3 Å². The van der Waals surface area contributed by atoms with Crippen LogP contribution in [-0.2, 0) is 9.53 Å². The Balaban J connectivity index is 1.27. The molecule has 0 N–H and O–H groups in total. The van der Waals surface area contributed by atoms with Gasteiger partial charge in [0.1, 0.15) is 0 Å². The molecule has 2 aromatic rings. The van der Waals surface area contributed by atoms with Crippen LogP contribution >= 0.6 is 0 Å². The first-order chi connectivity index (χ1) is 12.2. The molecule has 1 saturated heterocycles. The second-order valence-electron chi connectivity index (χ2n) is 6.97. The van der Waals surface area contributed by atoms with Gasteiger partial charge in [-0.2, -0.15) is 0 Å². The van der Waals surface area contributed by atoms with E-state index in [1.54, 1.807) is 0 Å². The average Bonchev–Trinajstić information content (AvgIpc) is 3.24. The van der Waals surface area contributed by atoms with Crippen molar-refractivity contribution >= 4 is 5.97 Å². The molecule has 2 aliphatic carbocycles. The second kappa shape index (κ2) is 5.97. The summed E-state index contributed by atoms with van der Waals surface area (Å²) in [5.41, 5.74) is 0. The zero-order chi connectivity index (χ0) is 17.0. The molecule has 3 nitrogen and oxygen atoms in total. The Kier molecular flexibility index (Phi) is 3.73. The fourth-order valence-corrected chi connectivity index (χ4v) is 6.57. The molecule has 1 heterocycles. The summed E-state index contributed by atoms with van der Waals surface area (Å²) >= 11 is -0.322. The van der Waals surface area contributed by atoms with Gasteiger partial charge in [0.25, 0.3) is 0 Å². The number of ether oxygens (including phenoxy) is 2. The Bertz CT molecular complexity index is 805. The number of hydrogen-bond acceptors (Lipinski definition) is 3. The summed E-state index contributed by atoms with van der Waals surface area (Å²) in [4.78, 5) is 11.8. The first-order valence-corrected chi connectivity index (χ1v) is 10.7. The van der Waals surface area contributed by atoms with Gasteiger partial charge in [0.15, 0.2) is 0 Å². The fraction of sp³-hybridized carbons (Fsp3) is 0.350. The third-order valence-corrected chi connectivity index (χ3v) is 8.21. The van der Waals surface area contributed by atoms with Crippen molar-refractivity contribution in [3.05, 3.63) is 61.5 Å². The van der Waals surface area contributed by atoms with E-state index in [4.69, 9.17) is 9.47 Å². The molecule has 1 aliphatic heterocycles. The topological polar surface area (TPSA) is 35.5 Å². The number of carbonyl (C=O) groups excluding carboxylic acids is 1. The summed E-state index contributed by atoms with van der Waals surface area (Å²) in [6, 6.07) is 14.9. The quantitative estimate of drug-likeness (QED) is 0.495. The number of halogens is 2. The van der Waals surface area contributed by atoms with Gasteiger partial charge in [0, 0.05) is 0 Å². The predicted molar refractivity (Wildman–Crippen MR) is 84.2 cm³/mol. The van der Waals surface area contributed by atoms with Crippen LogP contribution in [-0.4, -0.2) is 18.2 Å². The first kappa shape index (κ1) is 15.6.